The number of benzene rings is 3. The van der Waals surface area contributed by atoms with Crippen LogP contribution in [0.4, 0.5) is 15.8 Å². The van der Waals surface area contributed by atoms with Crippen molar-refractivity contribution in [1.29, 1.82) is 0 Å². The normalized spacial score (nSPS) is 10.8. The molecule has 3 aromatic carbocycles. The van der Waals surface area contributed by atoms with Gasteiger partial charge in [-0.1, -0.05) is 18.2 Å². The van der Waals surface area contributed by atoms with Gasteiger partial charge in [0.25, 0.3) is 11.5 Å². The fraction of sp³-hybridized carbons (Fsp3) is 0.115. The van der Waals surface area contributed by atoms with Gasteiger partial charge in [0.05, 0.1) is 12.1 Å². The van der Waals surface area contributed by atoms with Gasteiger partial charge in [-0.3, -0.25) is 19.0 Å². The number of nitrogens with zero attached hydrogens (tertiary/aromatic N) is 2. The number of fused-ring (bicyclic) bond motifs is 1. The summed E-state index contributed by atoms with van der Waals surface area (Å²) < 4.78 is 14.7. The summed E-state index contributed by atoms with van der Waals surface area (Å²) in [6, 6.07) is 20.6. The summed E-state index contributed by atoms with van der Waals surface area (Å²) in [7, 11) is 0. The first-order chi connectivity index (χ1) is 15.9. The predicted molar refractivity (Wildman–Crippen MR) is 127 cm³/mol. The number of Topliss-reactive ketones (excluding diaryl/α,β-unsaturated/α-hetero) is 1. The zero-order valence-electron chi connectivity index (χ0n) is 18.0. The number of hydrogen-bond acceptors (Lipinski definition) is 4. The Morgan fingerprint density at radius 3 is 2.30 bits per heavy atom. The molecule has 0 radical (unpaired) electrons. The Morgan fingerprint density at radius 1 is 0.970 bits per heavy atom. The van der Waals surface area contributed by atoms with Crippen LogP contribution in [0.5, 0.6) is 0 Å². The predicted octanol–water partition coefficient (Wildman–Crippen LogP) is 4.27. The molecule has 4 aromatic rings. The fourth-order valence-electron chi connectivity index (χ4n) is 3.75. The molecule has 0 aliphatic carbocycles. The van der Waals surface area contributed by atoms with Crippen molar-refractivity contribution in [3.8, 4) is 0 Å². The zero-order valence-corrected chi connectivity index (χ0v) is 18.0. The third-order valence-electron chi connectivity index (χ3n) is 5.47. The van der Waals surface area contributed by atoms with Gasteiger partial charge in [0.15, 0.2) is 5.78 Å². The van der Waals surface area contributed by atoms with Gasteiger partial charge < -0.3 is 10.6 Å². The Bertz CT molecular complexity index is 1390. The molecule has 1 aromatic heterocycles. The fourth-order valence-corrected chi connectivity index (χ4v) is 3.75. The number of amides is 1. The number of aromatic nitrogens is 1. The molecule has 4 rings (SSSR count). The molecule has 1 amide bonds. The largest absolute Gasteiger partial charge is 0.399 e. The van der Waals surface area contributed by atoms with Crippen molar-refractivity contribution in [3.63, 3.8) is 0 Å². The van der Waals surface area contributed by atoms with E-state index in [1.165, 1.54) is 39.8 Å². The second-order valence-electron chi connectivity index (χ2n) is 7.58. The van der Waals surface area contributed by atoms with Gasteiger partial charge in [0.2, 0.25) is 0 Å². The molecular weight excluding hydrogens is 421 g/mol. The maximum atomic E-state index is 13.4. The number of nitrogen functional groups attached to an aromatic ring is 1. The van der Waals surface area contributed by atoms with E-state index in [2.05, 4.69) is 0 Å². The van der Waals surface area contributed by atoms with Crippen molar-refractivity contribution in [1.82, 2.24) is 4.57 Å². The molecule has 0 spiro atoms. The Labute approximate surface area is 189 Å². The van der Waals surface area contributed by atoms with Gasteiger partial charge in [0, 0.05) is 23.5 Å². The molecule has 166 valence electrons. The summed E-state index contributed by atoms with van der Waals surface area (Å²) in [5, 5.41) is 0.653. The molecule has 7 heteroatoms. The second kappa shape index (κ2) is 9.08. The number of pyridine rings is 1. The molecule has 0 bridgehead atoms. The van der Waals surface area contributed by atoms with Gasteiger partial charge in [-0.05, 0) is 73.0 Å². The quantitative estimate of drug-likeness (QED) is 0.356. The molecular formula is C26H22FN3O3. The Kier molecular flexibility index (Phi) is 6.04. The molecule has 1 heterocycles. The summed E-state index contributed by atoms with van der Waals surface area (Å²) in [6.45, 7) is 1.82. The van der Waals surface area contributed by atoms with Gasteiger partial charge in [-0.15, -0.1) is 0 Å². The van der Waals surface area contributed by atoms with Crippen LogP contribution >= 0.6 is 0 Å². The van der Waals surface area contributed by atoms with Crippen molar-refractivity contribution in [3.05, 3.63) is 106 Å². The average molecular weight is 443 g/mol. The highest BCUT2D eigenvalue weighted by molar-refractivity contribution is 6.07. The number of hydrogen-bond donors (Lipinski definition) is 1. The van der Waals surface area contributed by atoms with Crippen molar-refractivity contribution in [2.45, 2.75) is 13.5 Å². The van der Waals surface area contributed by atoms with Crippen LogP contribution in [0, 0.1) is 5.82 Å². The lowest BCUT2D eigenvalue weighted by Crippen LogP contribution is -2.37. The van der Waals surface area contributed by atoms with Crippen LogP contribution in [0.3, 0.4) is 0 Å². The lowest BCUT2D eigenvalue weighted by atomic mass is 10.1. The summed E-state index contributed by atoms with van der Waals surface area (Å²) in [6.07, 6.45) is 0. The number of carbonyl (C=O) groups excluding carboxylic acids is 2. The smallest absolute Gasteiger partial charge is 0.264 e. The number of ketones is 1. The highest BCUT2D eigenvalue weighted by Crippen LogP contribution is 2.20. The minimum Gasteiger partial charge on any atom is -0.399 e. The molecule has 2 N–H and O–H groups in total. The molecule has 0 saturated heterocycles. The van der Waals surface area contributed by atoms with Crippen LogP contribution < -0.4 is 16.2 Å². The first-order valence-electron chi connectivity index (χ1n) is 10.5. The Balaban J connectivity index is 1.79. The first-order valence-corrected chi connectivity index (χ1v) is 10.5. The highest BCUT2D eigenvalue weighted by atomic mass is 19.1. The maximum Gasteiger partial charge on any atom is 0.264 e. The first kappa shape index (κ1) is 22.0. The van der Waals surface area contributed by atoms with Crippen LogP contribution in [-0.4, -0.2) is 22.8 Å². The van der Waals surface area contributed by atoms with E-state index in [1.807, 2.05) is 0 Å². The van der Waals surface area contributed by atoms with Gasteiger partial charge in [-0.25, -0.2) is 4.39 Å². The van der Waals surface area contributed by atoms with Gasteiger partial charge in [-0.2, -0.15) is 0 Å². The van der Waals surface area contributed by atoms with Crippen molar-refractivity contribution >= 4 is 34.0 Å². The van der Waals surface area contributed by atoms with E-state index in [4.69, 9.17) is 5.73 Å². The van der Waals surface area contributed by atoms with Crippen LogP contribution in [0.25, 0.3) is 10.9 Å². The molecule has 0 atom stereocenters. The van der Waals surface area contributed by atoms with E-state index >= 15 is 0 Å². The number of para-hydroxylation sites is 1. The maximum absolute atomic E-state index is 13.4. The molecule has 0 aliphatic heterocycles. The number of halogens is 1. The monoisotopic (exact) mass is 443 g/mol. The van der Waals surface area contributed by atoms with Crippen LogP contribution in [0.1, 0.15) is 27.6 Å². The van der Waals surface area contributed by atoms with E-state index in [0.717, 1.165) is 0 Å². The molecule has 0 fully saturated rings. The topological polar surface area (TPSA) is 85.4 Å². The summed E-state index contributed by atoms with van der Waals surface area (Å²) in [5.74, 6) is -1.22. The molecule has 6 nitrogen and oxygen atoms in total. The van der Waals surface area contributed by atoms with Crippen LogP contribution in [0.2, 0.25) is 0 Å². The molecule has 0 aliphatic rings. The van der Waals surface area contributed by atoms with Crippen LogP contribution in [-0.2, 0) is 6.54 Å². The van der Waals surface area contributed by atoms with Crippen molar-refractivity contribution in [2.24, 2.45) is 0 Å². The lowest BCUT2D eigenvalue weighted by molar-refractivity contribution is 0.0962. The Hall–Kier alpha value is -4.26. The summed E-state index contributed by atoms with van der Waals surface area (Å²) in [5.41, 5.74) is 7.03. The highest BCUT2D eigenvalue weighted by Gasteiger charge is 2.23. The number of carbonyl (C=O) groups is 2. The van der Waals surface area contributed by atoms with Crippen molar-refractivity contribution < 1.29 is 14.0 Å². The van der Waals surface area contributed by atoms with E-state index in [0.29, 0.717) is 27.8 Å². The van der Waals surface area contributed by atoms with Crippen LogP contribution in [0.15, 0.2) is 83.7 Å². The van der Waals surface area contributed by atoms with Gasteiger partial charge >= 0.3 is 0 Å². The molecule has 0 unspecified atom stereocenters. The number of anilines is 2. The SMILES string of the molecule is CCN(C(=O)c1cc2ccccc2n(CC(=O)c2ccc(N)cc2)c1=O)c1ccc(F)cc1. The van der Waals surface area contributed by atoms with E-state index < -0.39 is 17.3 Å². The number of rotatable bonds is 6. The van der Waals surface area contributed by atoms with E-state index in [1.54, 1.807) is 55.5 Å². The zero-order chi connectivity index (χ0) is 23.5. The van der Waals surface area contributed by atoms with E-state index in [-0.39, 0.29) is 24.4 Å². The summed E-state index contributed by atoms with van der Waals surface area (Å²) >= 11 is 0. The lowest BCUT2D eigenvalue weighted by Gasteiger charge is -2.22. The second-order valence-corrected chi connectivity index (χ2v) is 7.58. The van der Waals surface area contributed by atoms with E-state index in [9.17, 15) is 18.8 Å². The Morgan fingerprint density at radius 2 is 1.64 bits per heavy atom. The van der Waals surface area contributed by atoms with Crippen molar-refractivity contribution in [2.75, 3.05) is 17.2 Å². The summed E-state index contributed by atoms with van der Waals surface area (Å²) in [4.78, 5) is 41.1. The average Bonchev–Trinajstić information content (AvgIpc) is 2.82. The third-order valence-corrected chi connectivity index (χ3v) is 5.47. The molecule has 33 heavy (non-hydrogen) atoms. The third kappa shape index (κ3) is 4.39. The minimum atomic E-state index is -0.567. The molecule has 0 saturated carbocycles. The number of nitrogens with two attached hydrogens (primary N) is 1. The minimum absolute atomic E-state index is 0.0648. The van der Waals surface area contributed by atoms with Gasteiger partial charge in [0.1, 0.15) is 11.4 Å². The standard InChI is InChI=1S/C26H22FN3O3/c1-2-29(21-13-9-19(27)10-14-21)25(32)22-15-18-5-3-4-6-23(18)30(26(22)33)16-24(31)17-7-11-20(28)12-8-17/h3-15H,2,16,28H2,1H3.